The zero-order valence-corrected chi connectivity index (χ0v) is 14.1. The quantitative estimate of drug-likeness (QED) is 0.876. The molecule has 0 unspecified atom stereocenters. The van der Waals surface area contributed by atoms with Crippen molar-refractivity contribution in [2.45, 2.75) is 33.2 Å². The number of hydrogen-bond acceptors (Lipinski definition) is 3. The minimum Gasteiger partial charge on any atom is -0.369 e. The van der Waals surface area contributed by atoms with Gasteiger partial charge in [-0.05, 0) is 25.5 Å². The normalized spacial score (nSPS) is 17.5. The van der Waals surface area contributed by atoms with E-state index in [0.717, 1.165) is 39.1 Å². The van der Waals surface area contributed by atoms with Gasteiger partial charge in [0.15, 0.2) is 0 Å². The lowest BCUT2D eigenvalue weighted by atomic mass is 10.1. The Labute approximate surface area is 134 Å². The molecule has 1 fully saturated rings. The third-order valence-electron chi connectivity index (χ3n) is 4.29. The first kappa shape index (κ1) is 16.8. The van der Waals surface area contributed by atoms with E-state index in [9.17, 15) is 4.79 Å². The fraction of sp³-hybridized carbons (Fsp3) is 0.611. The molecule has 22 heavy (non-hydrogen) atoms. The summed E-state index contributed by atoms with van der Waals surface area (Å²) in [6.45, 7) is 11.4. The van der Waals surface area contributed by atoms with Gasteiger partial charge in [0.25, 0.3) is 0 Å². The fourth-order valence-corrected chi connectivity index (χ4v) is 2.73. The van der Waals surface area contributed by atoms with Gasteiger partial charge in [-0.25, -0.2) is 0 Å². The summed E-state index contributed by atoms with van der Waals surface area (Å²) in [6, 6.07) is 10.9. The molecule has 0 aliphatic carbocycles. The molecule has 1 amide bonds. The van der Waals surface area contributed by atoms with Gasteiger partial charge in [0.1, 0.15) is 0 Å². The summed E-state index contributed by atoms with van der Waals surface area (Å²) in [4.78, 5) is 16.6. The third kappa shape index (κ3) is 5.02. The molecular formula is C18H29N3O. The van der Waals surface area contributed by atoms with Gasteiger partial charge in [-0.3, -0.25) is 9.69 Å². The van der Waals surface area contributed by atoms with Crippen LogP contribution in [0.2, 0.25) is 0 Å². The van der Waals surface area contributed by atoms with Gasteiger partial charge in [-0.15, -0.1) is 0 Å². The first-order chi connectivity index (χ1) is 10.6. The molecule has 1 aliphatic heterocycles. The van der Waals surface area contributed by atoms with Gasteiger partial charge in [0.05, 0.1) is 0 Å². The molecule has 1 aliphatic rings. The number of para-hydroxylation sites is 1. The maximum absolute atomic E-state index is 11.7. The van der Waals surface area contributed by atoms with Crippen LogP contribution in [0.25, 0.3) is 0 Å². The highest BCUT2D eigenvalue weighted by Gasteiger charge is 2.18. The molecule has 0 aromatic heterocycles. The van der Waals surface area contributed by atoms with E-state index in [-0.39, 0.29) is 17.9 Å². The van der Waals surface area contributed by atoms with Crippen LogP contribution < -0.4 is 10.2 Å². The summed E-state index contributed by atoms with van der Waals surface area (Å²) in [6.07, 6.45) is 1.02. The van der Waals surface area contributed by atoms with Crippen molar-refractivity contribution in [1.82, 2.24) is 10.2 Å². The van der Waals surface area contributed by atoms with Gasteiger partial charge in [0.2, 0.25) is 5.91 Å². The predicted molar refractivity (Wildman–Crippen MR) is 92.2 cm³/mol. The van der Waals surface area contributed by atoms with E-state index in [2.05, 4.69) is 52.4 Å². The first-order valence-corrected chi connectivity index (χ1v) is 8.39. The fourth-order valence-electron chi connectivity index (χ4n) is 2.73. The SMILES string of the molecule is CC(C)C(=O)N[C@@H](C)CCN1CCN(c2ccccc2)CC1. The van der Waals surface area contributed by atoms with Crippen molar-refractivity contribution < 1.29 is 4.79 Å². The molecule has 1 atom stereocenters. The Balaban J connectivity index is 1.68. The zero-order chi connectivity index (χ0) is 15.9. The number of anilines is 1. The molecule has 4 heteroatoms. The molecule has 1 saturated heterocycles. The molecule has 4 nitrogen and oxygen atoms in total. The number of hydrogen-bond donors (Lipinski definition) is 1. The molecule has 0 saturated carbocycles. The van der Waals surface area contributed by atoms with Crippen molar-refractivity contribution in [1.29, 1.82) is 0 Å². The molecule has 0 radical (unpaired) electrons. The maximum atomic E-state index is 11.7. The van der Waals surface area contributed by atoms with Crippen LogP contribution in [0.15, 0.2) is 30.3 Å². The predicted octanol–water partition coefficient (Wildman–Crippen LogP) is 2.36. The van der Waals surface area contributed by atoms with E-state index in [4.69, 9.17) is 0 Å². The lowest BCUT2D eigenvalue weighted by Gasteiger charge is -2.36. The van der Waals surface area contributed by atoms with Gasteiger partial charge in [0, 0.05) is 50.4 Å². The maximum Gasteiger partial charge on any atom is 0.222 e. The second kappa shape index (κ2) is 8.18. The number of nitrogens with one attached hydrogen (secondary N) is 1. The number of benzene rings is 1. The third-order valence-corrected chi connectivity index (χ3v) is 4.29. The summed E-state index contributed by atoms with van der Waals surface area (Å²) in [5.74, 6) is 0.221. The Kier molecular flexibility index (Phi) is 6.25. The highest BCUT2D eigenvalue weighted by Crippen LogP contribution is 2.15. The van der Waals surface area contributed by atoms with Crippen LogP contribution in [0.3, 0.4) is 0 Å². The van der Waals surface area contributed by atoms with E-state index < -0.39 is 0 Å². The standard InChI is InChI=1S/C18H29N3O/c1-15(2)18(22)19-16(3)9-10-20-11-13-21(14-12-20)17-7-5-4-6-8-17/h4-8,15-16H,9-14H2,1-3H3,(H,19,22)/t16-/m0/s1. The number of nitrogens with zero attached hydrogens (tertiary/aromatic N) is 2. The van der Waals surface area contributed by atoms with Gasteiger partial charge in [-0.1, -0.05) is 32.0 Å². The van der Waals surface area contributed by atoms with Crippen molar-refractivity contribution in [3.8, 4) is 0 Å². The van der Waals surface area contributed by atoms with Crippen molar-refractivity contribution in [3.05, 3.63) is 30.3 Å². The zero-order valence-electron chi connectivity index (χ0n) is 14.1. The molecule has 1 heterocycles. The highest BCUT2D eigenvalue weighted by molar-refractivity contribution is 5.78. The van der Waals surface area contributed by atoms with Crippen LogP contribution in [-0.2, 0) is 4.79 Å². The molecule has 0 spiro atoms. The summed E-state index contributed by atoms with van der Waals surface area (Å²) < 4.78 is 0. The average molecular weight is 303 g/mol. The van der Waals surface area contributed by atoms with Gasteiger partial charge >= 0.3 is 0 Å². The lowest BCUT2D eigenvalue weighted by Crippen LogP contribution is -2.47. The van der Waals surface area contributed by atoms with Crippen molar-refractivity contribution >= 4 is 11.6 Å². The number of rotatable bonds is 6. The number of carbonyl (C=O) groups is 1. The number of carbonyl (C=O) groups excluding carboxylic acids is 1. The number of amides is 1. The summed E-state index contributed by atoms with van der Waals surface area (Å²) in [5.41, 5.74) is 1.32. The van der Waals surface area contributed by atoms with Crippen LogP contribution in [-0.4, -0.2) is 49.6 Å². The van der Waals surface area contributed by atoms with Crippen molar-refractivity contribution in [2.24, 2.45) is 5.92 Å². The minimum absolute atomic E-state index is 0.0665. The lowest BCUT2D eigenvalue weighted by molar-refractivity contribution is -0.124. The molecule has 122 valence electrons. The molecule has 2 rings (SSSR count). The summed E-state index contributed by atoms with van der Waals surface area (Å²) in [5, 5.41) is 3.08. The summed E-state index contributed by atoms with van der Waals surface area (Å²) in [7, 11) is 0. The molecule has 1 aromatic rings. The largest absolute Gasteiger partial charge is 0.369 e. The summed E-state index contributed by atoms with van der Waals surface area (Å²) >= 11 is 0. The highest BCUT2D eigenvalue weighted by atomic mass is 16.1. The Morgan fingerprint density at radius 2 is 1.73 bits per heavy atom. The second-order valence-corrected chi connectivity index (χ2v) is 6.52. The Bertz CT molecular complexity index is 453. The van der Waals surface area contributed by atoms with Gasteiger partial charge < -0.3 is 10.2 Å². The van der Waals surface area contributed by atoms with Crippen LogP contribution in [0, 0.1) is 5.92 Å². The Morgan fingerprint density at radius 3 is 2.32 bits per heavy atom. The van der Waals surface area contributed by atoms with Crippen LogP contribution in [0.5, 0.6) is 0 Å². The number of piperazine rings is 1. The van der Waals surface area contributed by atoms with E-state index >= 15 is 0 Å². The van der Waals surface area contributed by atoms with Crippen molar-refractivity contribution in [3.63, 3.8) is 0 Å². The van der Waals surface area contributed by atoms with E-state index in [1.807, 2.05) is 13.8 Å². The topological polar surface area (TPSA) is 35.6 Å². The molecule has 0 bridgehead atoms. The van der Waals surface area contributed by atoms with E-state index in [1.165, 1.54) is 5.69 Å². The smallest absolute Gasteiger partial charge is 0.222 e. The average Bonchev–Trinajstić information content (AvgIpc) is 2.54. The molecular weight excluding hydrogens is 274 g/mol. The van der Waals surface area contributed by atoms with Crippen molar-refractivity contribution in [2.75, 3.05) is 37.6 Å². The minimum atomic E-state index is 0.0665. The Hall–Kier alpha value is -1.55. The monoisotopic (exact) mass is 303 g/mol. The van der Waals surface area contributed by atoms with Crippen LogP contribution in [0.4, 0.5) is 5.69 Å². The van der Waals surface area contributed by atoms with E-state index in [0.29, 0.717) is 0 Å². The van der Waals surface area contributed by atoms with Crippen LogP contribution >= 0.6 is 0 Å². The second-order valence-electron chi connectivity index (χ2n) is 6.52. The van der Waals surface area contributed by atoms with Crippen LogP contribution in [0.1, 0.15) is 27.2 Å². The molecule has 1 aromatic carbocycles. The first-order valence-electron chi connectivity index (χ1n) is 8.39. The van der Waals surface area contributed by atoms with E-state index in [1.54, 1.807) is 0 Å². The van der Waals surface area contributed by atoms with Gasteiger partial charge in [-0.2, -0.15) is 0 Å². The molecule has 1 N–H and O–H groups in total. The Morgan fingerprint density at radius 1 is 1.09 bits per heavy atom.